The zero-order valence-corrected chi connectivity index (χ0v) is 11.7. The Bertz CT molecular complexity index is 439. The van der Waals surface area contributed by atoms with Gasteiger partial charge in [0.1, 0.15) is 5.76 Å². The maximum atomic E-state index is 11.7. The summed E-state index contributed by atoms with van der Waals surface area (Å²) in [7, 11) is 0. The smallest absolute Gasteiger partial charge is 0.239 e. The standard InChI is InChI=1S/C14H21N3O3/c1-11(18)15-10-14(19)16-9-12(13-5-4-8-20-13)17-6-2-3-7-17/h4-5,8,12H,2-3,6-7,9-10H2,1H3,(H,15,18)(H,16,19). The highest BCUT2D eigenvalue weighted by atomic mass is 16.3. The van der Waals surface area contributed by atoms with Gasteiger partial charge in [0.25, 0.3) is 0 Å². The Morgan fingerprint density at radius 3 is 2.70 bits per heavy atom. The first-order valence-corrected chi connectivity index (χ1v) is 6.95. The maximum Gasteiger partial charge on any atom is 0.239 e. The minimum atomic E-state index is -0.206. The predicted octanol–water partition coefficient (Wildman–Crippen LogP) is 0.669. The normalized spacial score (nSPS) is 16.9. The van der Waals surface area contributed by atoms with Gasteiger partial charge in [-0.2, -0.15) is 0 Å². The second kappa shape index (κ2) is 7.09. The molecule has 1 aromatic heterocycles. The summed E-state index contributed by atoms with van der Waals surface area (Å²) in [6, 6.07) is 3.86. The van der Waals surface area contributed by atoms with Crippen LogP contribution in [0.3, 0.4) is 0 Å². The van der Waals surface area contributed by atoms with E-state index in [-0.39, 0.29) is 24.4 Å². The second-order valence-electron chi connectivity index (χ2n) is 4.99. The van der Waals surface area contributed by atoms with Crippen LogP contribution in [0.25, 0.3) is 0 Å². The molecule has 110 valence electrons. The number of hydrogen-bond donors (Lipinski definition) is 2. The van der Waals surface area contributed by atoms with Crippen LogP contribution in [0, 0.1) is 0 Å². The molecule has 2 rings (SSSR count). The fourth-order valence-corrected chi connectivity index (χ4v) is 2.42. The van der Waals surface area contributed by atoms with Crippen molar-refractivity contribution in [3.05, 3.63) is 24.2 Å². The van der Waals surface area contributed by atoms with Crippen molar-refractivity contribution in [2.75, 3.05) is 26.2 Å². The Kier molecular flexibility index (Phi) is 5.17. The lowest BCUT2D eigenvalue weighted by molar-refractivity contribution is -0.125. The third-order valence-electron chi connectivity index (χ3n) is 3.44. The van der Waals surface area contributed by atoms with Crippen molar-refractivity contribution in [2.45, 2.75) is 25.8 Å². The van der Waals surface area contributed by atoms with Gasteiger partial charge in [0.15, 0.2) is 0 Å². The number of nitrogens with one attached hydrogen (secondary N) is 2. The fourth-order valence-electron chi connectivity index (χ4n) is 2.42. The van der Waals surface area contributed by atoms with Crippen LogP contribution in [0.2, 0.25) is 0 Å². The average molecular weight is 279 g/mol. The fraction of sp³-hybridized carbons (Fsp3) is 0.571. The SMILES string of the molecule is CC(=O)NCC(=O)NCC(c1ccco1)N1CCCC1. The van der Waals surface area contributed by atoms with E-state index in [0.29, 0.717) is 6.54 Å². The molecule has 0 bridgehead atoms. The summed E-state index contributed by atoms with van der Waals surface area (Å²) >= 11 is 0. The number of likely N-dealkylation sites (tertiary alicyclic amines) is 1. The summed E-state index contributed by atoms with van der Waals surface area (Å²) in [5.41, 5.74) is 0. The Morgan fingerprint density at radius 1 is 1.35 bits per heavy atom. The number of amides is 2. The largest absolute Gasteiger partial charge is 0.468 e. The molecule has 20 heavy (non-hydrogen) atoms. The van der Waals surface area contributed by atoms with Crippen LogP contribution < -0.4 is 10.6 Å². The van der Waals surface area contributed by atoms with Crippen molar-refractivity contribution in [2.24, 2.45) is 0 Å². The van der Waals surface area contributed by atoms with E-state index in [9.17, 15) is 9.59 Å². The van der Waals surface area contributed by atoms with E-state index in [0.717, 1.165) is 18.8 Å². The van der Waals surface area contributed by atoms with E-state index in [4.69, 9.17) is 4.42 Å². The lowest BCUT2D eigenvalue weighted by atomic mass is 10.2. The van der Waals surface area contributed by atoms with Crippen molar-refractivity contribution in [1.82, 2.24) is 15.5 Å². The summed E-state index contributed by atoms with van der Waals surface area (Å²) in [5.74, 6) is 0.477. The molecule has 1 aliphatic heterocycles. The summed E-state index contributed by atoms with van der Waals surface area (Å²) in [5, 5.41) is 5.33. The highest BCUT2D eigenvalue weighted by molar-refractivity contribution is 5.83. The molecule has 0 aromatic carbocycles. The van der Waals surface area contributed by atoms with E-state index in [1.807, 2.05) is 12.1 Å². The van der Waals surface area contributed by atoms with Gasteiger partial charge in [-0.1, -0.05) is 0 Å². The lowest BCUT2D eigenvalue weighted by Gasteiger charge is -2.26. The molecular formula is C14H21N3O3. The van der Waals surface area contributed by atoms with E-state index in [1.54, 1.807) is 6.26 Å². The van der Waals surface area contributed by atoms with Gasteiger partial charge < -0.3 is 15.1 Å². The second-order valence-corrected chi connectivity index (χ2v) is 4.99. The van der Waals surface area contributed by atoms with Crippen molar-refractivity contribution in [3.63, 3.8) is 0 Å². The molecule has 2 amide bonds. The summed E-state index contributed by atoms with van der Waals surface area (Å²) in [6.45, 7) is 3.94. The summed E-state index contributed by atoms with van der Waals surface area (Å²) in [6.07, 6.45) is 4.01. The molecule has 1 aromatic rings. The number of carbonyl (C=O) groups excluding carboxylic acids is 2. The highest BCUT2D eigenvalue weighted by Gasteiger charge is 2.25. The monoisotopic (exact) mass is 279 g/mol. The van der Waals surface area contributed by atoms with Crippen LogP contribution in [0.15, 0.2) is 22.8 Å². The third-order valence-corrected chi connectivity index (χ3v) is 3.44. The molecule has 1 saturated heterocycles. The quantitative estimate of drug-likeness (QED) is 0.802. The molecular weight excluding hydrogens is 258 g/mol. The van der Waals surface area contributed by atoms with Gasteiger partial charge in [0.2, 0.25) is 11.8 Å². The van der Waals surface area contributed by atoms with Gasteiger partial charge in [-0.25, -0.2) is 0 Å². The van der Waals surface area contributed by atoms with Crippen LogP contribution in [-0.2, 0) is 9.59 Å². The number of carbonyl (C=O) groups is 2. The zero-order valence-electron chi connectivity index (χ0n) is 11.7. The van der Waals surface area contributed by atoms with E-state index < -0.39 is 0 Å². The first kappa shape index (κ1) is 14.6. The van der Waals surface area contributed by atoms with Gasteiger partial charge in [-0.3, -0.25) is 14.5 Å². The van der Waals surface area contributed by atoms with Gasteiger partial charge in [0.05, 0.1) is 18.8 Å². The van der Waals surface area contributed by atoms with Crippen molar-refractivity contribution in [3.8, 4) is 0 Å². The van der Waals surface area contributed by atoms with Crippen LogP contribution in [0.5, 0.6) is 0 Å². The molecule has 1 atom stereocenters. The maximum absolute atomic E-state index is 11.7. The predicted molar refractivity (Wildman–Crippen MR) is 73.9 cm³/mol. The van der Waals surface area contributed by atoms with Crippen LogP contribution in [-0.4, -0.2) is 42.9 Å². The van der Waals surface area contributed by atoms with Crippen LogP contribution in [0.4, 0.5) is 0 Å². The number of rotatable bonds is 6. The molecule has 0 radical (unpaired) electrons. The summed E-state index contributed by atoms with van der Waals surface area (Å²) in [4.78, 5) is 24.7. The first-order valence-electron chi connectivity index (χ1n) is 6.95. The number of furan rings is 1. The number of hydrogen-bond acceptors (Lipinski definition) is 4. The van der Waals surface area contributed by atoms with E-state index >= 15 is 0 Å². The first-order chi connectivity index (χ1) is 9.66. The molecule has 6 nitrogen and oxygen atoms in total. The molecule has 0 saturated carbocycles. The molecule has 2 heterocycles. The van der Waals surface area contributed by atoms with Gasteiger partial charge >= 0.3 is 0 Å². The van der Waals surface area contributed by atoms with E-state index in [1.165, 1.54) is 19.8 Å². The van der Waals surface area contributed by atoms with E-state index in [2.05, 4.69) is 15.5 Å². The lowest BCUT2D eigenvalue weighted by Crippen LogP contribution is -2.41. The van der Waals surface area contributed by atoms with Gasteiger partial charge in [0, 0.05) is 13.5 Å². The third kappa shape index (κ3) is 4.09. The minimum absolute atomic E-state index is 0.0141. The molecule has 0 aliphatic carbocycles. The average Bonchev–Trinajstić information content (AvgIpc) is 3.09. The molecule has 1 unspecified atom stereocenters. The zero-order chi connectivity index (χ0) is 14.4. The van der Waals surface area contributed by atoms with Crippen LogP contribution >= 0.6 is 0 Å². The molecule has 2 N–H and O–H groups in total. The Morgan fingerprint density at radius 2 is 2.10 bits per heavy atom. The number of nitrogens with zero attached hydrogens (tertiary/aromatic N) is 1. The molecule has 1 fully saturated rings. The van der Waals surface area contributed by atoms with Crippen molar-refractivity contribution < 1.29 is 14.0 Å². The van der Waals surface area contributed by atoms with Crippen molar-refractivity contribution >= 4 is 11.8 Å². The molecule has 1 aliphatic rings. The topological polar surface area (TPSA) is 74.6 Å². The van der Waals surface area contributed by atoms with Gasteiger partial charge in [-0.05, 0) is 38.1 Å². The highest BCUT2D eigenvalue weighted by Crippen LogP contribution is 2.24. The van der Waals surface area contributed by atoms with Crippen LogP contribution in [0.1, 0.15) is 31.6 Å². The summed E-state index contributed by atoms with van der Waals surface area (Å²) < 4.78 is 5.48. The Hall–Kier alpha value is -1.82. The van der Waals surface area contributed by atoms with Crippen molar-refractivity contribution in [1.29, 1.82) is 0 Å². The Balaban J connectivity index is 1.88. The Labute approximate surface area is 118 Å². The minimum Gasteiger partial charge on any atom is -0.468 e. The molecule has 0 spiro atoms. The van der Waals surface area contributed by atoms with Gasteiger partial charge in [-0.15, -0.1) is 0 Å². The molecule has 6 heteroatoms.